The van der Waals surface area contributed by atoms with Crippen molar-refractivity contribution in [1.82, 2.24) is 15.4 Å². The molecule has 2 fully saturated rings. The Morgan fingerprint density at radius 3 is 2.67 bits per heavy atom. The van der Waals surface area contributed by atoms with Crippen molar-refractivity contribution in [2.24, 2.45) is 11.8 Å². The van der Waals surface area contributed by atoms with Crippen molar-refractivity contribution in [2.45, 2.75) is 30.0 Å². The van der Waals surface area contributed by atoms with E-state index < -0.39 is 5.97 Å². The van der Waals surface area contributed by atoms with Gasteiger partial charge in [-0.25, -0.2) is 4.79 Å². The molecule has 1 saturated carbocycles. The van der Waals surface area contributed by atoms with Gasteiger partial charge >= 0.3 is 5.97 Å². The molecule has 0 amide bonds. The van der Waals surface area contributed by atoms with Gasteiger partial charge in [0.25, 0.3) is 0 Å². The normalized spacial score (nSPS) is 24.3. The standard InChI is InChI=1S/C18H20Cl2N4O2S/c1-2-26-18(25)16-17(22-23-21-16)27-13-5-10-8-24(9-11(10)6-13)12-3-4-14(19)15(20)7-12/h3-4,7,10-11,13H,2,5-6,8-9H2,1H3,(H,21,22,23)/t10-,11?,13?/m1/s1. The lowest BCUT2D eigenvalue weighted by Gasteiger charge is -2.21. The zero-order valence-corrected chi connectivity index (χ0v) is 17.2. The summed E-state index contributed by atoms with van der Waals surface area (Å²) in [4.78, 5) is 14.4. The number of benzene rings is 1. The molecule has 1 aromatic carbocycles. The van der Waals surface area contributed by atoms with Gasteiger partial charge in [-0.05, 0) is 49.8 Å². The molecule has 0 radical (unpaired) electrons. The van der Waals surface area contributed by atoms with Gasteiger partial charge in [0.15, 0.2) is 5.03 Å². The fourth-order valence-electron chi connectivity index (χ4n) is 4.03. The van der Waals surface area contributed by atoms with Crippen LogP contribution in [0.3, 0.4) is 0 Å². The highest BCUT2D eigenvalue weighted by Crippen LogP contribution is 2.46. The molecular weight excluding hydrogens is 407 g/mol. The second kappa shape index (κ2) is 7.89. The van der Waals surface area contributed by atoms with Gasteiger partial charge in [-0.3, -0.25) is 0 Å². The van der Waals surface area contributed by atoms with E-state index in [1.165, 1.54) is 0 Å². The number of esters is 1. The van der Waals surface area contributed by atoms with Crippen LogP contribution in [0.25, 0.3) is 0 Å². The first-order valence-corrected chi connectivity index (χ1v) is 10.6. The van der Waals surface area contributed by atoms with Crippen LogP contribution in [0.5, 0.6) is 0 Å². The van der Waals surface area contributed by atoms with Gasteiger partial charge in [-0.1, -0.05) is 35.0 Å². The lowest BCUT2D eigenvalue weighted by Crippen LogP contribution is -2.22. The van der Waals surface area contributed by atoms with Crippen LogP contribution in [-0.2, 0) is 4.74 Å². The highest BCUT2D eigenvalue weighted by molar-refractivity contribution is 7.99. The topological polar surface area (TPSA) is 71.1 Å². The van der Waals surface area contributed by atoms with Crippen LogP contribution in [0, 0.1) is 11.8 Å². The average Bonchev–Trinajstić information content (AvgIpc) is 3.32. The Morgan fingerprint density at radius 2 is 2.00 bits per heavy atom. The monoisotopic (exact) mass is 426 g/mol. The quantitative estimate of drug-likeness (QED) is 0.718. The summed E-state index contributed by atoms with van der Waals surface area (Å²) in [5, 5.41) is 12.9. The van der Waals surface area contributed by atoms with Gasteiger partial charge in [-0.2, -0.15) is 5.21 Å². The van der Waals surface area contributed by atoms with Crippen LogP contribution >= 0.6 is 35.0 Å². The third-order valence-electron chi connectivity index (χ3n) is 5.24. The van der Waals surface area contributed by atoms with Crippen molar-refractivity contribution in [3.8, 4) is 0 Å². The van der Waals surface area contributed by atoms with E-state index >= 15 is 0 Å². The molecule has 2 unspecified atom stereocenters. The maximum absolute atomic E-state index is 12.0. The molecular formula is C18H20Cl2N4O2S. The van der Waals surface area contributed by atoms with Crippen molar-refractivity contribution in [1.29, 1.82) is 0 Å². The smallest absolute Gasteiger partial charge is 0.361 e. The van der Waals surface area contributed by atoms with E-state index in [0.29, 0.717) is 38.8 Å². The van der Waals surface area contributed by atoms with Crippen molar-refractivity contribution in [3.63, 3.8) is 0 Å². The molecule has 0 bridgehead atoms. The Kier molecular flexibility index (Phi) is 5.53. The van der Waals surface area contributed by atoms with E-state index in [4.69, 9.17) is 27.9 Å². The fourth-order valence-corrected chi connectivity index (χ4v) is 5.66. The number of anilines is 1. The van der Waals surface area contributed by atoms with Gasteiger partial charge in [0.1, 0.15) is 0 Å². The van der Waals surface area contributed by atoms with Crippen molar-refractivity contribution >= 4 is 46.6 Å². The van der Waals surface area contributed by atoms with Gasteiger partial charge in [-0.15, -0.1) is 10.2 Å². The Balaban J connectivity index is 1.37. The van der Waals surface area contributed by atoms with Crippen LogP contribution in [-0.4, -0.2) is 46.3 Å². The molecule has 1 aliphatic heterocycles. The SMILES string of the molecule is CCOC(=O)c1n[nH]nc1SC1CC2CN(c3ccc(Cl)c(Cl)c3)C[C@H]2C1. The number of hydrogen-bond donors (Lipinski definition) is 1. The van der Waals surface area contributed by atoms with Crippen molar-refractivity contribution < 1.29 is 9.53 Å². The minimum Gasteiger partial charge on any atom is -0.461 e. The number of thioether (sulfide) groups is 1. The van der Waals surface area contributed by atoms with E-state index in [9.17, 15) is 4.79 Å². The molecule has 1 aromatic heterocycles. The van der Waals surface area contributed by atoms with Crippen LogP contribution < -0.4 is 4.90 Å². The summed E-state index contributed by atoms with van der Waals surface area (Å²) in [5.41, 5.74) is 1.42. The van der Waals surface area contributed by atoms with Crippen LogP contribution in [0.1, 0.15) is 30.3 Å². The largest absolute Gasteiger partial charge is 0.461 e. The predicted molar refractivity (Wildman–Crippen MR) is 107 cm³/mol. The van der Waals surface area contributed by atoms with Crippen LogP contribution in [0.4, 0.5) is 5.69 Å². The van der Waals surface area contributed by atoms with Gasteiger partial charge in [0, 0.05) is 24.0 Å². The molecule has 27 heavy (non-hydrogen) atoms. The lowest BCUT2D eigenvalue weighted by molar-refractivity contribution is 0.0515. The number of aromatic nitrogens is 3. The van der Waals surface area contributed by atoms with Gasteiger partial charge in [0.2, 0.25) is 5.69 Å². The molecule has 2 aromatic rings. The second-order valence-electron chi connectivity index (χ2n) is 6.93. The highest BCUT2D eigenvalue weighted by atomic mass is 35.5. The summed E-state index contributed by atoms with van der Waals surface area (Å²) >= 11 is 13.8. The lowest BCUT2D eigenvalue weighted by atomic mass is 10.0. The summed E-state index contributed by atoms with van der Waals surface area (Å²) in [7, 11) is 0. The molecule has 9 heteroatoms. The summed E-state index contributed by atoms with van der Waals surface area (Å²) in [6.07, 6.45) is 2.20. The first-order chi connectivity index (χ1) is 13.0. The van der Waals surface area contributed by atoms with Gasteiger partial charge < -0.3 is 9.64 Å². The molecule has 3 atom stereocenters. The third-order valence-corrected chi connectivity index (χ3v) is 7.20. The van der Waals surface area contributed by atoms with Crippen LogP contribution in [0.15, 0.2) is 23.2 Å². The van der Waals surface area contributed by atoms with Crippen LogP contribution in [0.2, 0.25) is 10.0 Å². The summed E-state index contributed by atoms with van der Waals surface area (Å²) in [6.45, 7) is 4.14. The molecule has 1 aliphatic carbocycles. The number of ether oxygens (including phenoxy) is 1. The third kappa shape index (κ3) is 3.91. The van der Waals surface area contributed by atoms with E-state index in [0.717, 1.165) is 31.6 Å². The molecule has 2 heterocycles. The number of nitrogens with zero attached hydrogens (tertiary/aromatic N) is 3. The number of nitrogens with one attached hydrogen (secondary N) is 1. The molecule has 1 N–H and O–H groups in total. The fraction of sp³-hybridized carbons (Fsp3) is 0.500. The number of rotatable bonds is 5. The summed E-state index contributed by atoms with van der Waals surface area (Å²) < 4.78 is 5.05. The van der Waals surface area contributed by atoms with E-state index in [2.05, 4.69) is 20.3 Å². The Morgan fingerprint density at radius 1 is 1.26 bits per heavy atom. The summed E-state index contributed by atoms with van der Waals surface area (Å²) in [5.74, 6) is 0.850. The first kappa shape index (κ1) is 18.9. The molecule has 6 nitrogen and oxygen atoms in total. The molecule has 2 aliphatic rings. The molecule has 4 rings (SSSR count). The number of aromatic amines is 1. The average molecular weight is 427 g/mol. The Hall–Kier alpha value is -1.44. The molecule has 0 spiro atoms. The van der Waals surface area contributed by atoms with E-state index in [1.54, 1.807) is 18.7 Å². The number of halogens is 2. The van der Waals surface area contributed by atoms with Crippen molar-refractivity contribution in [3.05, 3.63) is 33.9 Å². The maximum Gasteiger partial charge on any atom is 0.361 e. The van der Waals surface area contributed by atoms with Gasteiger partial charge in [0.05, 0.1) is 16.7 Å². The Bertz CT molecular complexity index is 833. The number of hydrogen-bond acceptors (Lipinski definition) is 6. The summed E-state index contributed by atoms with van der Waals surface area (Å²) in [6, 6.07) is 5.83. The van der Waals surface area contributed by atoms with E-state index in [1.807, 2.05) is 18.2 Å². The highest BCUT2D eigenvalue weighted by Gasteiger charge is 2.42. The zero-order chi connectivity index (χ0) is 19.0. The Labute approximate surface area is 171 Å². The molecule has 144 valence electrons. The van der Waals surface area contributed by atoms with E-state index in [-0.39, 0.29) is 5.69 Å². The van der Waals surface area contributed by atoms with Crippen molar-refractivity contribution in [2.75, 3.05) is 24.6 Å². The number of carbonyl (C=O) groups is 1. The minimum atomic E-state index is -0.419. The minimum absolute atomic E-state index is 0.288. The first-order valence-electron chi connectivity index (χ1n) is 8.99. The predicted octanol–water partition coefficient (Wildman–Crippen LogP) is 4.30. The number of fused-ring (bicyclic) bond motifs is 1. The maximum atomic E-state index is 12.0. The molecule has 1 saturated heterocycles. The number of carbonyl (C=O) groups excluding carboxylic acids is 1. The second-order valence-corrected chi connectivity index (χ2v) is 9.04. The zero-order valence-electron chi connectivity index (χ0n) is 14.8. The number of H-pyrrole nitrogens is 1.